The maximum absolute atomic E-state index is 11.4. The van der Waals surface area contributed by atoms with Gasteiger partial charge < -0.3 is 4.90 Å². The minimum absolute atomic E-state index is 0.297. The highest BCUT2D eigenvalue weighted by molar-refractivity contribution is 9.09. The summed E-state index contributed by atoms with van der Waals surface area (Å²) in [6.07, 6.45) is 3.13. The van der Waals surface area contributed by atoms with E-state index in [1.807, 2.05) is 11.2 Å². The van der Waals surface area contributed by atoms with Crippen LogP contribution < -0.4 is 0 Å². The van der Waals surface area contributed by atoms with Crippen LogP contribution in [0.15, 0.2) is 0 Å². The molecule has 1 heterocycles. The molecular formula is C8H14BrNOS. The average Bonchev–Trinajstić information content (AvgIpc) is 2.52. The summed E-state index contributed by atoms with van der Waals surface area (Å²) in [6.45, 7) is 1.90. The Hall–Kier alpha value is 0.300. The molecule has 70 valence electrons. The van der Waals surface area contributed by atoms with Crippen molar-refractivity contribution in [2.45, 2.75) is 6.42 Å². The molecule has 0 bridgehead atoms. The Balaban J connectivity index is 2.31. The van der Waals surface area contributed by atoms with Crippen LogP contribution in [0.5, 0.6) is 0 Å². The van der Waals surface area contributed by atoms with Crippen LogP contribution in [0.3, 0.4) is 0 Å². The molecule has 0 aromatic carbocycles. The zero-order valence-electron chi connectivity index (χ0n) is 7.25. The van der Waals surface area contributed by atoms with Gasteiger partial charge in [-0.3, -0.25) is 4.79 Å². The first-order valence-corrected chi connectivity index (χ1v) is 6.62. The number of likely N-dealkylation sites (tertiary alicyclic amines) is 1. The van der Waals surface area contributed by atoms with Crippen LogP contribution in [0, 0.1) is 5.92 Å². The number of rotatable bonds is 3. The number of hydrogen-bond donors (Lipinski definition) is 0. The molecule has 1 fully saturated rings. The first-order valence-electron chi connectivity index (χ1n) is 4.10. The molecule has 1 aliphatic heterocycles. The van der Waals surface area contributed by atoms with Gasteiger partial charge in [0, 0.05) is 18.4 Å². The van der Waals surface area contributed by atoms with Crippen molar-refractivity contribution >= 4 is 33.6 Å². The van der Waals surface area contributed by atoms with Crippen molar-refractivity contribution in [1.29, 1.82) is 0 Å². The molecular weight excluding hydrogens is 238 g/mol. The highest BCUT2D eigenvalue weighted by Gasteiger charge is 2.24. The van der Waals surface area contributed by atoms with Gasteiger partial charge in [-0.05, 0) is 18.6 Å². The Morgan fingerprint density at radius 1 is 1.75 bits per heavy atom. The average molecular weight is 252 g/mol. The standard InChI is InChI=1S/C8H14BrNOS/c1-12-6-8(11)10-3-2-7(4-9)5-10/h7H,2-6H2,1H3. The highest BCUT2D eigenvalue weighted by atomic mass is 79.9. The molecule has 0 radical (unpaired) electrons. The molecule has 0 spiro atoms. The zero-order valence-corrected chi connectivity index (χ0v) is 9.66. The van der Waals surface area contributed by atoms with Gasteiger partial charge in [0.25, 0.3) is 0 Å². The molecule has 1 unspecified atom stereocenters. The predicted molar refractivity (Wildman–Crippen MR) is 56.9 cm³/mol. The summed E-state index contributed by atoms with van der Waals surface area (Å²) in [5.74, 6) is 1.61. The number of nitrogens with zero attached hydrogens (tertiary/aromatic N) is 1. The highest BCUT2D eigenvalue weighted by Crippen LogP contribution is 2.18. The van der Waals surface area contributed by atoms with Gasteiger partial charge in [-0.2, -0.15) is 11.8 Å². The van der Waals surface area contributed by atoms with E-state index in [4.69, 9.17) is 0 Å². The van der Waals surface area contributed by atoms with Crippen molar-refractivity contribution in [3.8, 4) is 0 Å². The molecule has 0 aliphatic carbocycles. The number of amides is 1. The third-order valence-electron chi connectivity index (χ3n) is 2.12. The van der Waals surface area contributed by atoms with Crippen molar-refractivity contribution in [1.82, 2.24) is 4.90 Å². The van der Waals surface area contributed by atoms with E-state index in [0.29, 0.717) is 17.6 Å². The van der Waals surface area contributed by atoms with Crippen LogP contribution in [-0.2, 0) is 4.79 Å². The van der Waals surface area contributed by atoms with Crippen LogP contribution in [0.4, 0.5) is 0 Å². The lowest BCUT2D eigenvalue weighted by molar-refractivity contribution is -0.127. The smallest absolute Gasteiger partial charge is 0.232 e. The van der Waals surface area contributed by atoms with Crippen LogP contribution in [0.1, 0.15) is 6.42 Å². The van der Waals surface area contributed by atoms with Gasteiger partial charge in [0.05, 0.1) is 5.75 Å². The normalized spacial score (nSPS) is 23.2. The number of hydrogen-bond acceptors (Lipinski definition) is 2. The largest absolute Gasteiger partial charge is 0.342 e. The van der Waals surface area contributed by atoms with Crippen molar-refractivity contribution in [2.75, 3.05) is 30.4 Å². The van der Waals surface area contributed by atoms with E-state index in [0.717, 1.165) is 24.8 Å². The molecule has 1 aliphatic rings. The molecule has 0 N–H and O–H groups in total. The molecule has 12 heavy (non-hydrogen) atoms. The van der Waals surface area contributed by atoms with Gasteiger partial charge >= 0.3 is 0 Å². The first-order chi connectivity index (χ1) is 5.77. The SMILES string of the molecule is CSCC(=O)N1CCC(CBr)C1. The maximum atomic E-state index is 11.4. The summed E-state index contributed by atoms with van der Waals surface area (Å²) in [6, 6.07) is 0. The molecule has 0 aromatic rings. The molecule has 4 heteroatoms. The molecule has 1 atom stereocenters. The lowest BCUT2D eigenvalue weighted by Crippen LogP contribution is -2.30. The van der Waals surface area contributed by atoms with Crippen molar-refractivity contribution < 1.29 is 4.79 Å². The maximum Gasteiger partial charge on any atom is 0.232 e. The second-order valence-corrected chi connectivity index (χ2v) is 4.60. The van der Waals surface area contributed by atoms with Crippen LogP contribution in [0.2, 0.25) is 0 Å². The summed E-state index contributed by atoms with van der Waals surface area (Å²) in [5.41, 5.74) is 0. The predicted octanol–water partition coefficient (Wildman–Crippen LogP) is 1.59. The molecule has 1 amide bonds. The Morgan fingerprint density at radius 3 is 3.00 bits per heavy atom. The molecule has 0 aromatic heterocycles. The van der Waals surface area contributed by atoms with Crippen molar-refractivity contribution in [2.24, 2.45) is 5.92 Å². The van der Waals surface area contributed by atoms with Gasteiger partial charge in [-0.25, -0.2) is 0 Å². The van der Waals surface area contributed by atoms with E-state index in [1.165, 1.54) is 0 Å². The Bertz CT molecular complexity index is 165. The fourth-order valence-corrected chi connectivity index (χ4v) is 2.36. The molecule has 1 rings (SSSR count). The van der Waals surface area contributed by atoms with E-state index >= 15 is 0 Å². The molecule has 0 saturated carbocycles. The monoisotopic (exact) mass is 251 g/mol. The van der Waals surface area contributed by atoms with Crippen molar-refractivity contribution in [3.05, 3.63) is 0 Å². The number of thioether (sulfide) groups is 1. The fourth-order valence-electron chi connectivity index (χ4n) is 1.40. The van der Waals surface area contributed by atoms with Gasteiger partial charge in [-0.1, -0.05) is 15.9 Å². The van der Waals surface area contributed by atoms with Crippen LogP contribution >= 0.6 is 27.7 Å². The van der Waals surface area contributed by atoms with Gasteiger partial charge in [0.1, 0.15) is 0 Å². The summed E-state index contributed by atoms with van der Waals surface area (Å²) in [7, 11) is 0. The Kier molecular flexibility index (Phi) is 4.43. The van der Waals surface area contributed by atoms with E-state index in [2.05, 4.69) is 15.9 Å². The summed E-state index contributed by atoms with van der Waals surface area (Å²) in [5, 5.41) is 1.02. The first kappa shape index (κ1) is 10.4. The number of carbonyl (C=O) groups excluding carboxylic acids is 1. The Morgan fingerprint density at radius 2 is 2.50 bits per heavy atom. The topological polar surface area (TPSA) is 20.3 Å². The summed E-state index contributed by atoms with van der Waals surface area (Å²) < 4.78 is 0. The molecule has 1 saturated heterocycles. The van der Waals surface area contributed by atoms with Gasteiger partial charge in [0.15, 0.2) is 0 Å². The third kappa shape index (κ3) is 2.66. The van der Waals surface area contributed by atoms with Gasteiger partial charge in [-0.15, -0.1) is 0 Å². The van der Waals surface area contributed by atoms with E-state index < -0.39 is 0 Å². The summed E-state index contributed by atoms with van der Waals surface area (Å²) in [4.78, 5) is 13.4. The third-order valence-corrected chi connectivity index (χ3v) is 3.58. The number of alkyl halides is 1. The minimum Gasteiger partial charge on any atom is -0.342 e. The lowest BCUT2D eigenvalue weighted by Gasteiger charge is -2.14. The van der Waals surface area contributed by atoms with Crippen LogP contribution in [-0.4, -0.2) is 41.2 Å². The molecule has 2 nitrogen and oxygen atoms in total. The lowest BCUT2D eigenvalue weighted by atomic mass is 10.2. The van der Waals surface area contributed by atoms with Gasteiger partial charge in [0.2, 0.25) is 5.91 Å². The van der Waals surface area contributed by atoms with Crippen molar-refractivity contribution in [3.63, 3.8) is 0 Å². The minimum atomic E-state index is 0.297. The number of halogens is 1. The number of carbonyl (C=O) groups is 1. The van der Waals surface area contributed by atoms with E-state index in [9.17, 15) is 4.79 Å². The quantitative estimate of drug-likeness (QED) is 0.711. The second-order valence-electron chi connectivity index (χ2n) is 3.08. The summed E-state index contributed by atoms with van der Waals surface area (Å²) >= 11 is 5.05. The van der Waals surface area contributed by atoms with E-state index in [-0.39, 0.29) is 0 Å². The second kappa shape index (κ2) is 5.12. The fraction of sp³-hybridized carbons (Fsp3) is 0.875. The Labute approximate surface area is 86.2 Å². The van der Waals surface area contributed by atoms with E-state index in [1.54, 1.807) is 11.8 Å². The van der Waals surface area contributed by atoms with Crippen LogP contribution in [0.25, 0.3) is 0 Å². The zero-order chi connectivity index (χ0) is 8.97.